The lowest BCUT2D eigenvalue weighted by atomic mass is 9.96. The second-order valence-corrected chi connectivity index (χ2v) is 7.76. The summed E-state index contributed by atoms with van der Waals surface area (Å²) >= 11 is 0. The third-order valence-electron chi connectivity index (χ3n) is 5.75. The molecule has 4 rings (SSSR count). The van der Waals surface area contributed by atoms with Crippen LogP contribution in [0.5, 0.6) is 11.5 Å². The van der Waals surface area contributed by atoms with Crippen molar-refractivity contribution < 1.29 is 18.8 Å². The maximum absolute atomic E-state index is 12.6. The van der Waals surface area contributed by atoms with Crippen LogP contribution in [0.1, 0.15) is 53.6 Å². The molecule has 0 spiro atoms. The number of benzene rings is 1. The van der Waals surface area contributed by atoms with Crippen molar-refractivity contribution in [2.24, 2.45) is 0 Å². The molecule has 156 valence electrons. The minimum atomic E-state index is -0.166. The molecule has 2 aliphatic rings. The van der Waals surface area contributed by atoms with Crippen molar-refractivity contribution in [3.05, 3.63) is 40.8 Å². The third kappa shape index (κ3) is 4.40. The molecule has 0 bridgehead atoms. The van der Waals surface area contributed by atoms with Crippen molar-refractivity contribution in [2.75, 3.05) is 26.7 Å². The number of rotatable bonds is 6. The molecule has 1 aliphatic carbocycles. The highest BCUT2D eigenvalue weighted by atomic mass is 16.5. The lowest BCUT2D eigenvalue weighted by Gasteiger charge is -2.23. The zero-order valence-electron chi connectivity index (χ0n) is 17.2. The zero-order chi connectivity index (χ0) is 20.2. The zero-order valence-corrected chi connectivity index (χ0v) is 17.2. The number of amides is 1. The average Bonchev–Trinajstić information content (AvgIpc) is 3.09. The maximum atomic E-state index is 12.6. The number of carbonyl (C=O) groups is 1. The van der Waals surface area contributed by atoms with Crippen molar-refractivity contribution in [3.63, 3.8) is 0 Å². The second-order valence-electron chi connectivity index (χ2n) is 7.76. The quantitative estimate of drug-likeness (QED) is 0.805. The van der Waals surface area contributed by atoms with E-state index in [0.29, 0.717) is 12.3 Å². The highest BCUT2D eigenvalue weighted by molar-refractivity contribution is 5.93. The summed E-state index contributed by atoms with van der Waals surface area (Å²) in [4.78, 5) is 14.9. The first-order valence-electron chi connectivity index (χ1n) is 10.5. The molecule has 0 saturated heterocycles. The van der Waals surface area contributed by atoms with Gasteiger partial charge < -0.3 is 19.3 Å². The minimum Gasteiger partial charge on any atom is -0.497 e. The third-order valence-corrected chi connectivity index (χ3v) is 5.75. The monoisotopic (exact) mass is 399 g/mol. The van der Waals surface area contributed by atoms with Crippen LogP contribution in [0.4, 0.5) is 0 Å². The highest BCUT2D eigenvalue weighted by Crippen LogP contribution is 2.29. The first-order valence-corrected chi connectivity index (χ1v) is 10.5. The Labute approximate surface area is 171 Å². The van der Waals surface area contributed by atoms with Gasteiger partial charge in [-0.25, -0.2) is 0 Å². The molecule has 2 heterocycles. The van der Waals surface area contributed by atoms with E-state index in [1.54, 1.807) is 7.11 Å². The lowest BCUT2D eigenvalue weighted by molar-refractivity contribution is 0.0905. The van der Waals surface area contributed by atoms with Crippen LogP contribution in [-0.2, 0) is 19.4 Å². The highest BCUT2D eigenvalue weighted by Gasteiger charge is 2.25. The smallest absolute Gasteiger partial charge is 0.290 e. The van der Waals surface area contributed by atoms with E-state index in [1.165, 1.54) is 0 Å². The van der Waals surface area contributed by atoms with E-state index in [2.05, 4.69) is 22.3 Å². The number of hydrogen-bond acceptors (Lipinski definition) is 6. The number of nitrogens with zero attached hydrogens (tertiary/aromatic N) is 2. The minimum absolute atomic E-state index is 0.127. The Morgan fingerprint density at radius 2 is 2.21 bits per heavy atom. The van der Waals surface area contributed by atoms with Crippen molar-refractivity contribution >= 4 is 5.91 Å². The Bertz CT molecular complexity index is 864. The number of hydrogen-bond donors (Lipinski definition) is 1. The summed E-state index contributed by atoms with van der Waals surface area (Å²) in [6.07, 6.45) is 5.04. The molecule has 0 fully saturated rings. The Morgan fingerprint density at radius 3 is 3.03 bits per heavy atom. The molecule has 1 atom stereocenters. The maximum Gasteiger partial charge on any atom is 0.290 e. The predicted octanol–water partition coefficient (Wildman–Crippen LogP) is 2.97. The van der Waals surface area contributed by atoms with Gasteiger partial charge in [0.1, 0.15) is 17.6 Å². The van der Waals surface area contributed by atoms with Crippen molar-refractivity contribution in [1.82, 2.24) is 15.4 Å². The molecule has 1 amide bonds. The summed E-state index contributed by atoms with van der Waals surface area (Å²) in [6, 6.07) is 5.94. The molecule has 7 nitrogen and oxygen atoms in total. The summed E-state index contributed by atoms with van der Waals surface area (Å²) in [5.41, 5.74) is 3.04. The molecular weight excluding hydrogens is 370 g/mol. The molecule has 0 saturated carbocycles. The first kappa shape index (κ1) is 19.8. The van der Waals surface area contributed by atoms with E-state index >= 15 is 0 Å². The predicted molar refractivity (Wildman–Crippen MR) is 108 cm³/mol. The van der Waals surface area contributed by atoms with Crippen LogP contribution in [0.3, 0.4) is 0 Å². The van der Waals surface area contributed by atoms with Gasteiger partial charge in [0.2, 0.25) is 5.76 Å². The van der Waals surface area contributed by atoms with Gasteiger partial charge in [-0.1, -0.05) is 12.1 Å². The topological polar surface area (TPSA) is 76.8 Å². The molecule has 0 radical (unpaired) electrons. The van der Waals surface area contributed by atoms with Crippen LogP contribution in [0.2, 0.25) is 0 Å². The molecule has 1 aromatic heterocycles. The van der Waals surface area contributed by atoms with Crippen LogP contribution in [0, 0.1) is 0 Å². The van der Waals surface area contributed by atoms with E-state index in [4.69, 9.17) is 14.0 Å². The number of fused-ring (bicyclic) bond motifs is 2. The summed E-state index contributed by atoms with van der Waals surface area (Å²) < 4.78 is 16.9. The molecule has 1 N–H and O–H groups in total. The Morgan fingerprint density at radius 1 is 1.34 bits per heavy atom. The Kier molecular flexibility index (Phi) is 6.04. The number of methoxy groups -OCH3 is 1. The SMILES string of the molecule is CC[C@H]1CN(CCNC(=O)c2onc3c2CCCC3)Cc2cc(OC)ccc2O1. The van der Waals surface area contributed by atoms with Gasteiger partial charge in [-0.15, -0.1) is 0 Å². The van der Waals surface area contributed by atoms with Gasteiger partial charge in [-0.05, 0) is 50.3 Å². The van der Waals surface area contributed by atoms with E-state index in [0.717, 1.165) is 80.1 Å². The van der Waals surface area contributed by atoms with Crippen LogP contribution in [-0.4, -0.2) is 48.8 Å². The normalized spacial score (nSPS) is 18.9. The summed E-state index contributed by atoms with van der Waals surface area (Å²) in [5, 5.41) is 7.08. The van der Waals surface area contributed by atoms with Crippen molar-refractivity contribution in [1.29, 1.82) is 0 Å². The Balaban J connectivity index is 1.38. The molecule has 7 heteroatoms. The summed E-state index contributed by atoms with van der Waals surface area (Å²) in [7, 11) is 1.67. The fourth-order valence-electron chi connectivity index (χ4n) is 4.09. The standard InChI is InChI=1S/C22H29N3O4/c1-3-16-14-25(13-15-12-17(27-2)8-9-20(15)28-16)11-10-23-22(26)21-18-6-4-5-7-19(18)24-29-21/h8-9,12,16H,3-7,10-11,13-14H2,1-2H3,(H,23,26)/t16-/m0/s1. The van der Waals surface area contributed by atoms with Gasteiger partial charge in [-0.3, -0.25) is 9.69 Å². The molecule has 1 aromatic carbocycles. The van der Waals surface area contributed by atoms with Gasteiger partial charge in [0, 0.05) is 37.3 Å². The first-order chi connectivity index (χ1) is 14.2. The number of nitrogens with one attached hydrogen (secondary N) is 1. The fourth-order valence-corrected chi connectivity index (χ4v) is 4.09. The summed E-state index contributed by atoms with van der Waals surface area (Å²) in [6.45, 7) is 4.99. The Hall–Kier alpha value is -2.54. The number of aromatic nitrogens is 1. The molecule has 0 unspecified atom stereocenters. The van der Waals surface area contributed by atoms with E-state index in [9.17, 15) is 4.79 Å². The van der Waals surface area contributed by atoms with Gasteiger partial charge >= 0.3 is 0 Å². The molecule has 29 heavy (non-hydrogen) atoms. The van der Waals surface area contributed by atoms with Crippen LogP contribution < -0.4 is 14.8 Å². The van der Waals surface area contributed by atoms with Gasteiger partial charge in [-0.2, -0.15) is 0 Å². The molecular formula is C22H29N3O4. The van der Waals surface area contributed by atoms with E-state index < -0.39 is 0 Å². The van der Waals surface area contributed by atoms with E-state index in [1.807, 2.05) is 18.2 Å². The largest absolute Gasteiger partial charge is 0.497 e. The van der Waals surface area contributed by atoms with Crippen molar-refractivity contribution in [3.8, 4) is 11.5 Å². The number of ether oxygens (including phenoxy) is 2. The van der Waals surface area contributed by atoms with E-state index in [-0.39, 0.29) is 12.0 Å². The number of aryl methyl sites for hydroxylation is 1. The van der Waals surface area contributed by atoms with Crippen LogP contribution >= 0.6 is 0 Å². The van der Waals surface area contributed by atoms with Crippen molar-refractivity contribution in [2.45, 2.75) is 51.7 Å². The lowest BCUT2D eigenvalue weighted by Crippen LogP contribution is -2.38. The summed E-state index contributed by atoms with van der Waals surface area (Å²) in [5.74, 6) is 1.96. The average molecular weight is 399 g/mol. The molecule has 2 aromatic rings. The van der Waals surface area contributed by atoms with Gasteiger partial charge in [0.05, 0.1) is 12.8 Å². The van der Waals surface area contributed by atoms with Gasteiger partial charge in [0.15, 0.2) is 0 Å². The second kappa shape index (κ2) is 8.86. The van der Waals surface area contributed by atoms with Crippen LogP contribution in [0.15, 0.2) is 22.7 Å². The molecule has 1 aliphatic heterocycles. The van der Waals surface area contributed by atoms with Gasteiger partial charge in [0.25, 0.3) is 5.91 Å². The number of carbonyl (C=O) groups excluding carboxylic acids is 1. The fraction of sp³-hybridized carbons (Fsp3) is 0.545. The van der Waals surface area contributed by atoms with Crippen LogP contribution in [0.25, 0.3) is 0 Å².